The van der Waals surface area contributed by atoms with Crippen LogP contribution in [0.5, 0.6) is 0 Å². The molecule has 0 radical (unpaired) electrons. The maximum atomic E-state index is 12.6. The van der Waals surface area contributed by atoms with Crippen LogP contribution in [0.3, 0.4) is 0 Å². The molecule has 1 aliphatic rings. The van der Waals surface area contributed by atoms with E-state index >= 15 is 0 Å². The van der Waals surface area contributed by atoms with Gasteiger partial charge in [0.25, 0.3) is 0 Å². The smallest absolute Gasteiger partial charge is 0.233 e. The predicted octanol–water partition coefficient (Wildman–Crippen LogP) is 3.45. The Morgan fingerprint density at radius 3 is 3.00 bits per heavy atom. The summed E-state index contributed by atoms with van der Waals surface area (Å²) in [7, 11) is 0. The summed E-state index contributed by atoms with van der Waals surface area (Å²) in [5.41, 5.74) is 2.09. The molecule has 1 N–H and O–H groups in total. The van der Waals surface area contributed by atoms with E-state index in [9.17, 15) is 4.79 Å². The largest absolute Gasteiger partial charge is 0.361 e. The molecule has 130 valence electrons. The molecule has 7 heteroatoms. The van der Waals surface area contributed by atoms with Gasteiger partial charge in [-0.2, -0.15) is 4.98 Å². The SMILES string of the molecule is O=C(Cc1c[nH]c2ccccc12)N1CC(c2nc(-c3cccs3)no2)C1. The van der Waals surface area contributed by atoms with Crippen molar-refractivity contribution in [2.24, 2.45) is 0 Å². The molecular formula is C19H16N4O2S. The lowest BCUT2D eigenvalue weighted by atomic mass is 9.98. The standard InChI is InChI=1S/C19H16N4O2S/c24-17(8-12-9-20-15-5-2-1-4-14(12)15)23-10-13(11-23)19-21-18(22-25-19)16-6-3-7-26-16/h1-7,9,13,20H,8,10-11H2. The third kappa shape index (κ3) is 2.61. The maximum Gasteiger partial charge on any atom is 0.233 e. The van der Waals surface area contributed by atoms with Gasteiger partial charge in [-0.3, -0.25) is 4.79 Å². The Morgan fingerprint density at radius 1 is 1.27 bits per heavy atom. The van der Waals surface area contributed by atoms with Crippen molar-refractivity contribution in [1.82, 2.24) is 20.0 Å². The van der Waals surface area contributed by atoms with E-state index in [1.807, 2.05) is 52.9 Å². The van der Waals surface area contributed by atoms with Gasteiger partial charge in [-0.25, -0.2) is 0 Å². The molecule has 0 unspecified atom stereocenters. The number of carbonyl (C=O) groups is 1. The number of aromatic nitrogens is 3. The van der Waals surface area contributed by atoms with E-state index in [1.54, 1.807) is 11.3 Å². The summed E-state index contributed by atoms with van der Waals surface area (Å²) in [5, 5.41) is 7.14. The normalized spacial score (nSPS) is 14.7. The highest BCUT2D eigenvalue weighted by molar-refractivity contribution is 7.13. The summed E-state index contributed by atoms with van der Waals surface area (Å²) in [6.45, 7) is 1.26. The second-order valence-corrected chi connectivity index (χ2v) is 7.41. The fourth-order valence-corrected chi connectivity index (χ4v) is 3.95. The van der Waals surface area contributed by atoms with E-state index in [0.29, 0.717) is 31.2 Å². The fraction of sp³-hybridized carbons (Fsp3) is 0.211. The van der Waals surface area contributed by atoms with E-state index in [-0.39, 0.29) is 11.8 Å². The third-order valence-corrected chi connectivity index (χ3v) is 5.65. The molecule has 6 nitrogen and oxygen atoms in total. The predicted molar refractivity (Wildman–Crippen MR) is 98.9 cm³/mol. The highest BCUT2D eigenvalue weighted by atomic mass is 32.1. The molecule has 0 saturated carbocycles. The van der Waals surface area contributed by atoms with Crippen molar-refractivity contribution in [3.8, 4) is 10.7 Å². The number of carbonyl (C=O) groups excluding carboxylic acids is 1. The van der Waals surface area contributed by atoms with Gasteiger partial charge >= 0.3 is 0 Å². The number of rotatable bonds is 4. The van der Waals surface area contributed by atoms with Crippen LogP contribution in [0.1, 0.15) is 17.4 Å². The minimum absolute atomic E-state index is 0.128. The van der Waals surface area contributed by atoms with Gasteiger partial charge in [-0.1, -0.05) is 29.4 Å². The Hall–Kier alpha value is -2.93. The number of fused-ring (bicyclic) bond motifs is 1. The Kier molecular flexibility index (Phi) is 3.60. The Labute approximate surface area is 153 Å². The van der Waals surface area contributed by atoms with Gasteiger partial charge in [-0.15, -0.1) is 11.3 Å². The number of aromatic amines is 1. The molecule has 1 aliphatic heterocycles. The first-order chi connectivity index (χ1) is 12.8. The van der Waals surface area contributed by atoms with Crippen LogP contribution < -0.4 is 0 Å². The molecule has 1 amide bonds. The van der Waals surface area contributed by atoms with Gasteiger partial charge in [0.15, 0.2) is 0 Å². The second kappa shape index (κ2) is 6.10. The molecule has 0 atom stereocenters. The number of amides is 1. The fourth-order valence-electron chi connectivity index (χ4n) is 3.30. The van der Waals surface area contributed by atoms with Gasteiger partial charge in [0, 0.05) is 30.2 Å². The van der Waals surface area contributed by atoms with Crippen LogP contribution in [0.4, 0.5) is 0 Å². The minimum Gasteiger partial charge on any atom is -0.361 e. The summed E-state index contributed by atoms with van der Waals surface area (Å²) in [6.07, 6.45) is 2.33. The van der Waals surface area contributed by atoms with E-state index in [4.69, 9.17) is 4.52 Å². The van der Waals surface area contributed by atoms with Gasteiger partial charge in [-0.05, 0) is 23.1 Å². The molecule has 1 fully saturated rings. The zero-order valence-corrected chi connectivity index (χ0v) is 14.7. The highest BCUT2D eigenvalue weighted by Crippen LogP contribution is 2.29. The van der Waals surface area contributed by atoms with Crippen LogP contribution >= 0.6 is 11.3 Å². The minimum atomic E-state index is 0.128. The number of hydrogen-bond acceptors (Lipinski definition) is 5. The van der Waals surface area contributed by atoms with Gasteiger partial charge in [0.1, 0.15) is 0 Å². The lowest BCUT2D eigenvalue weighted by Crippen LogP contribution is -2.49. The second-order valence-electron chi connectivity index (χ2n) is 6.47. The first kappa shape index (κ1) is 15.3. The molecule has 26 heavy (non-hydrogen) atoms. The van der Waals surface area contributed by atoms with Crippen molar-refractivity contribution >= 4 is 28.1 Å². The van der Waals surface area contributed by atoms with Crippen LogP contribution in [0.25, 0.3) is 21.6 Å². The molecule has 0 aliphatic carbocycles. The molecule has 4 aromatic rings. The number of para-hydroxylation sites is 1. The average molecular weight is 364 g/mol. The quantitative estimate of drug-likeness (QED) is 0.602. The molecule has 0 spiro atoms. The Morgan fingerprint density at radius 2 is 2.15 bits per heavy atom. The summed E-state index contributed by atoms with van der Waals surface area (Å²) < 4.78 is 5.39. The van der Waals surface area contributed by atoms with Crippen LogP contribution in [0, 0.1) is 0 Å². The highest BCUT2D eigenvalue weighted by Gasteiger charge is 2.35. The summed E-state index contributed by atoms with van der Waals surface area (Å²) in [6, 6.07) is 12.0. The van der Waals surface area contributed by atoms with E-state index < -0.39 is 0 Å². The Bertz CT molecular complexity index is 1060. The number of hydrogen-bond donors (Lipinski definition) is 1. The van der Waals surface area contributed by atoms with E-state index in [0.717, 1.165) is 21.3 Å². The third-order valence-electron chi connectivity index (χ3n) is 4.78. The summed E-state index contributed by atoms with van der Waals surface area (Å²) in [4.78, 5) is 23.1. The zero-order chi connectivity index (χ0) is 17.5. The molecule has 5 rings (SSSR count). The van der Waals surface area contributed by atoms with Crippen molar-refractivity contribution in [2.45, 2.75) is 12.3 Å². The topological polar surface area (TPSA) is 75.0 Å². The zero-order valence-electron chi connectivity index (χ0n) is 13.9. The molecule has 3 aromatic heterocycles. The monoisotopic (exact) mass is 364 g/mol. The molecule has 4 heterocycles. The van der Waals surface area contributed by atoms with Crippen LogP contribution in [-0.4, -0.2) is 39.0 Å². The molecular weight excluding hydrogens is 348 g/mol. The number of likely N-dealkylation sites (tertiary alicyclic amines) is 1. The van der Waals surface area contributed by atoms with Crippen molar-refractivity contribution in [3.63, 3.8) is 0 Å². The first-order valence-electron chi connectivity index (χ1n) is 8.48. The maximum absolute atomic E-state index is 12.6. The summed E-state index contributed by atoms with van der Waals surface area (Å²) in [5.74, 6) is 1.50. The van der Waals surface area contributed by atoms with E-state index in [1.165, 1.54) is 0 Å². The number of nitrogens with one attached hydrogen (secondary N) is 1. The Balaban J connectivity index is 1.23. The van der Waals surface area contributed by atoms with E-state index in [2.05, 4.69) is 15.1 Å². The number of nitrogens with zero attached hydrogens (tertiary/aromatic N) is 3. The van der Waals surface area contributed by atoms with Gasteiger partial charge < -0.3 is 14.4 Å². The van der Waals surface area contributed by atoms with Crippen LogP contribution in [0.15, 0.2) is 52.5 Å². The summed E-state index contributed by atoms with van der Waals surface area (Å²) >= 11 is 1.58. The first-order valence-corrected chi connectivity index (χ1v) is 9.36. The molecule has 1 aromatic carbocycles. The van der Waals surface area contributed by atoms with Crippen molar-refractivity contribution < 1.29 is 9.32 Å². The molecule has 1 saturated heterocycles. The van der Waals surface area contributed by atoms with Crippen molar-refractivity contribution in [3.05, 3.63) is 59.4 Å². The number of thiophene rings is 1. The van der Waals surface area contributed by atoms with Crippen molar-refractivity contribution in [1.29, 1.82) is 0 Å². The average Bonchev–Trinajstić information content (AvgIpc) is 3.34. The van der Waals surface area contributed by atoms with Crippen LogP contribution in [-0.2, 0) is 11.2 Å². The number of benzene rings is 1. The van der Waals surface area contributed by atoms with Gasteiger partial charge in [0.05, 0.1) is 17.2 Å². The van der Waals surface area contributed by atoms with Crippen molar-refractivity contribution in [2.75, 3.05) is 13.1 Å². The number of H-pyrrole nitrogens is 1. The van der Waals surface area contributed by atoms with Gasteiger partial charge in [0.2, 0.25) is 17.6 Å². The lowest BCUT2D eigenvalue weighted by molar-refractivity contribution is -0.135. The molecule has 0 bridgehead atoms. The van der Waals surface area contributed by atoms with Crippen LogP contribution in [0.2, 0.25) is 0 Å². The lowest BCUT2D eigenvalue weighted by Gasteiger charge is -2.37.